The van der Waals surface area contributed by atoms with E-state index < -0.39 is 0 Å². The van der Waals surface area contributed by atoms with Crippen LogP contribution in [-0.4, -0.2) is 64.5 Å². The van der Waals surface area contributed by atoms with Crippen molar-refractivity contribution in [1.29, 1.82) is 0 Å². The second-order valence-corrected chi connectivity index (χ2v) is 8.12. The van der Waals surface area contributed by atoms with Crippen molar-refractivity contribution in [3.05, 3.63) is 70.8 Å². The number of para-hydroxylation sites is 1. The highest BCUT2D eigenvalue weighted by atomic mass is 16.5. The van der Waals surface area contributed by atoms with Gasteiger partial charge in [0.2, 0.25) is 11.8 Å². The number of hydrogen-bond acceptors (Lipinski definition) is 5. The first-order chi connectivity index (χ1) is 16.0. The summed E-state index contributed by atoms with van der Waals surface area (Å²) in [6, 6.07) is 14.9. The molecule has 0 radical (unpaired) electrons. The van der Waals surface area contributed by atoms with Crippen molar-refractivity contribution >= 4 is 22.7 Å². The minimum atomic E-state index is -0.138. The maximum atomic E-state index is 12.7. The lowest BCUT2D eigenvalue weighted by atomic mass is 10.1. The Bertz CT molecular complexity index is 1180. The van der Waals surface area contributed by atoms with Crippen LogP contribution in [-0.2, 0) is 22.6 Å². The fourth-order valence-corrected chi connectivity index (χ4v) is 4.05. The predicted octanol–water partition coefficient (Wildman–Crippen LogP) is 2.10. The minimum Gasteiger partial charge on any atom is -0.497 e. The van der Waals surface area contributed by atoms with E-state index in [9.17, 15) is 14.4 Å². The summed E-state index contributed by atoms with van der Waals surface area (Å²) in [5.41, 5.74) is 1.61. The van der Waals surface area contributed by atoms with Gasteiger partial charge in [-0.1, -0.05) is 24.3 Å². The second-order valence-electron chi connectivity index (χ2n) is 8.12. The zero-order valence-electron chi connectivity index (χ0n) is 18.8. The number of aryl methyl sites for hydroxylation is 2. The van der Waals surface area contributed by atoms with E-state index >= 15 is 0 Å². The number of piperazine rings is 1. The molecule has 1 fully saturated rings. The van der Waals surface area contributed by atoms with E-state index in [0.717, 1.165) is 11.3 Å². The van der Waals surface area contributed by atoms with Crippen molar-refractivity contribution < 1.29 is 14.3 Å². The first-order valence-corrected chi connectivity index (χ1v) is 11.2. The molecule has 0 spiro atoms. The van der Waals surface area contributed by atoms with Crippen LogP contribution in [0.3, 0.4) is 0 Å². The summed E-state index contributed by atoms with van der Waals surface area (Å²) in [5, 5.41) is 0.550. The van der Waals surface area contributed by atoms with Gasteiger partial charge in [-0.25, -0.2) is 4.98 Å². The van der Waals surface area contributed by atoms with Crippen LogP contribution >= 0.6 is 0 Å². The number of methoxy groups -OCH3 is 1. The average Bonchev–Trinajstić information content (AvgIpc) is 2.87. The smallest absolute Gasteiger partial charge is 0.261 e. The van der Waals surface area contributed by atoms with Crippen molar-refractivity contribution in [2.24, 2.45) is 0 Å². The highest BCUT2D eigenvalue weighted by molar-refractivity contribution is 5.79. The molecule has 2 heterocycles. The van der Waals surface area contributed by atoms with E-state index in [4.69, 9.17) is 4.74 Å². The summed E-state index contributed by atoms with van der Waals surface area (Å²) in [6.45, 7) is 2.38. The molecule has 2 amide bonds. The van der Waals surface area contributed by atoms with Gasteiger partial charge < -0.3 is 14.5 Å². The van der Waals surface area contributed by atoms with Crippen molar-refractivity contribution in [3.8, 4) is 5.75 Å². The van der Waals surface area contributed by atoms with Gasteiger partial charge >= 0.3 is 0 Å². The van der Waals surface area contributed by atoms with Gasteiger partial charge in [0.1, 0.15) is 5.75 Å². The molecular formula is C25H28N4O4. The summed E-state index contributed by atoms with van der Waals surface area (Å²) in [6.07, 6.45) is 2.84. The molecule has 0 unspecified atom stereocenters. The first-order valence-electron chi connectivity index (χ1n) is 11.2. The van der Waals surface area contributed by atoms with Crippen LogP contribution in [0.5, 0.6) is 5.75 Å². The molecule has 1 aliphatic heterocycles. The van der Waals surface area contributed by atoms with Crippen molar-refractivity contribution in [2.45, 2.75) is 25.8 Å². The summed E-state index contributed by atoms with van der Waals surface area (Å²) in [7, 11) is 1.63. The van der Waals surface area contributed by atoms with Gasteiger partial charge in [0.15, 0.2) is 0 Å². The van der Waals surface area contributed by atoms with E-state index in [1.807, 2.05) is 35.2 Å². The molecule has 0 saturated carbocycles. The number of fused-ring (bicyclic) bond motifs is 1. The molecule has 2 aromatic carbocycles. The Morgan fingerprint density at radius 2 is 1.55 bits per heavy atom. The van der Waals surface area contributed by atoms with Crippen LogP contribution in [0.2, 0.25) is 0 Å². The molecule has 3 aromatic rings. The molecule has 8 nitrogen and oxygen atoms in total. The topological polar surface area (TPSA) is 84.7 Å². The number of aromatic nitrogens is 2. The Hall–Kier alpha value is -3.68. The first kappa shape index (κ1) is 22.5. The predicted molar refractivity (Wildman–Crippen MR) is 125 cm³/mol. The van der Waals surface area contributed by atoms with Gasteiger partial charge in [-0.05, 0) is 36.2 Å². The fraction of sp³-hybridized carbons (Fsp3) is 0.360. The normalized spacial score (nSPS) is 13.8. The molecule has 0 atom stereocenters. The molecule has 1 saturated heterocycles. The zero-order valence-corrected chi connectivity index (χ0v) is 18.8. The SMILES string of the molecule is COc1ccc(CCC(=O)N2CCN(C(=O)CCn3cnc4ccccc4c3=O)CC2)cc1. The fourth-order valence-electron chi connectivity index (χ4n) is 4.05. The van der Waals surface area contributed by atoms with Crippen LogP contribution in [0, 0.1) is 0 Å². The molecule has 1 aromatic heterocycles. The Morgan fingerprint density at radius 3 is 2.21 bits per heavy atom. The molecular weight excluding hydrogens is 420 g/mol. The highest BCUT2D eigenvalue weighted by Gasteiger charge is 2.23. The minimum absolute atomic E-state index is 0.0135. The molecule has 4 rings (SSSR count). The number of carbonyl (C=O) groups excluding carboxylic acids is 2. The summed E-state index contributed by atoms with van der Waals surface area (Å²) in [4.78, 5) is 45.7. The lowest BCUT2D eigenvalue weighted by Gasteiger charge is -2.35. The van der Waals surface area contributed by atoms with Crippen molar-refractivity contribution in [1.82, 2.24) is 19.4 Å². The quantitative estimate of drug-likeness (QED) is 0.553. The molecule has 0 aliphatic carbocycles. The molecule has 0 bridgehead atoms. The van der Waals surface area contributed by atoms with Gasteiger partial charge in [0.25, 0.3) is 5.56 Å². The Balaban J connectivity index is 1.23. The maximum Gasteiger partial charge on any atom is 0.261 e. The van der Waals surface area contributed by atoms with Gasteiger partial charge in [-0.15, -0.1) is 0 Å². The third kappa shape index (κ3) is 5.39. The van der Waals surface area contributed by atoms with E-state index in [1.54, 1.807) is 30.2 Å². The number of hydrogen-bond donors (Lipinski definition) is 0. The third-order valence-electron chi connectivity index (χ3n) is 6.07. The molecule has 1 aliphatic rings. The summed E-state index contributed by atoms with van der Waals surface area (Å²) in [5.74, 6) is 0.889. The van der Waals surface area contributed by atoms with Crippen molar-refractivity contribution in [2.75, 3.05) is 33.3 Å². The molecule has 172 valence electrons. The number of amides is 2. The van der Waals surface area contributed by atoms with Gasteiger partial charge in [-0.3, -0.25) is 19.0 Å². The molecule has 0 N–H and O–H groups in total. The highest BCUT2D eigenvalue weighted by Crippen LogP contribution is 2.14. The zero-order chi connectivity index (χ0) is 23.2. The van der Waals surface area contributed by atoms with Crippen molar-refractivity contribution in [3.63, 3.8) is 0 Å². The lowest BCUT2D eigenvalue weighted by Crippen LogP contribution is -2.50. The van der Waals surface area contributed by atoms with E-state index in [0.29, 0.717) is 49.9 Å². The van der Waals surface area contributed by atoms with E-state index in [2.05, 4.69) is 4.98 Å². The van der Waals surface area contributed by atoms with Crippen LogP contribution in [0.4, 0.5) is 0 Å². The van der Waals surface area contributed by atoms with Gasteiger partial charge in [0.05, 0.1) is 24.3 Å². The second kappa shape index (κ2) is 10.3. The summed E-state index contributed by atoms with van der Waals surface area (Å²) >= 11 is 0. The Morgan fingerprint density at radius 1 is 0.909 bits per heavy atom. The van der Waals surface area contributed by atoms with E-state index in [1.165, 1.54) is 10.9 Å². The third-order valence-corrected chi connectivity index (χ3v) is 6.07. The molecule has 8 heteroatoms. The van der Waals surface area contributed by atoms with Crippen LogP contribution in [0.15, 0.2) is 59.7 Å². The monoisotopic (exact) mass is 448 g/mol. The van der Waals surface area contributed by atoms with Gasteiger partial charge in [-0.2, -0.15) is 0 Å². The Labute approximate surface area is 192 Å². The van der Waals surface area contributed by atoms with Crippen LogP contribution in [0.1, 0.15) is 18.4 Å². The Kier molecular flexibility index (Phi) is 7.02. The van der Waals surface area contributed by atoms with Crippen LogP contribution in [0.25, 0.3) is 10.9 Å². The number of carbonyl (C=O) groups is 2. The largest absolute Gasteiger partial charge is 0.497 e. The number of ether oxygens (including phenoxy) is 1. The lowest BCUT2D eigenvalue weighted by molar-refractivity contribution is -0.139. The number of rotatable bonds is 7. The maximum absolute atomic E-state index is 12.7. The van der Waals surface area contributed by atoms with Gasteiger partial charge in [0, 0.05) is 45.6 Å². The number of benzene rings is 2. The molecule has 33 heavy (non-hydrogen) atoms. The standard InChI is InChI=1S/C25H28N4O4/c1-33-20-9-6-19(7-10-20)8-11-23(30)27-14-16-28(17-15-27)24(31)12-13-29-18-26-22-5-3-2-4-21(22)25(29)32/h2-7,9-10,18H,8,11-17H2,1H3. The summed E-state index contributed by atoms with van der Waals surface area (Å²) < 4.78 is 6.64. The van der Waals surface area contributed by atoms with Crippen LogP contribution < -0.4 is 10.3 Å². The average molecular weight is 449 g/mol. The number of nitrogens with zero attached hydrogens (tertiary/aromatic N) is 4. The van der Waals surface area contributed by atoms with E-state index in [-0.39, 0.29) is 30.3 Å².